The van der Waals surface area contributed by atoms with Gasteiger partial charge in [-0.2, -0.15) is 13.2 Å². The molecule has 1 saturated heterocycles. The lowest BCUT2D eigenvalue weighted by Crippen LogP contribution is -2.49. The third-order valence-electron chi connectivity index (χ3n) is 7.56. The van der Waals surface area contributed by atoms with Crippen LogP contribution in [0, 0.1) is 5.41 Å². The molecule has 4 rings (SSSR count). The number of carbonyl (C=O) groups excluding carboxylic acids is 3. The SMILES string of the molecule is CCOC(=O)C1(Cc2ccccc2)CCCN(Cc2ccc(COc3ccc(CCC(=O)OC(=O)C(F)(F)F)cc3)cc2)C1. The summed E-state index contributed by atoms with van der Waals surface area (Å²) in [5.74, 6) is -3.29. The van der Waals surface area contributed by atoms with Crippen LogP contribution in [0.3, 0.4) is 0 Å². The van der Waals surface area contributed by atoms with Crippen molar-refractivity contribution in [3.05, 3.63) is 101 Å². The molecule has 3 aromatic carbocycles. The number of halogens is 3. The number of rotatable bonds is 12. The average molecular weight is 612 g/mol. The predicted octanol–water partition coefficient (Wildman–Crippen LogP) is 6.22. The summed E-state index contributed by atoms with van der Waals surface area (Å²) in [5, 5.41) is 0. The molecule has 0 spiro atoms. The molecule has 1 aliphatic heterocycles. The Hall–Kier alpha value is -4.18. The minimum absolute atomic E-state index is 0.121. The maximum Gasteiger partial charge on any atom is 0.491 e. The summed E-state index contributed by atoms with van der Waals surface area (Å²) in [5.41, 5.74) is 3.34. The molecule has 1 atom stereocenters. The van der Waals surface area contributed by atoms with Gasteiger partial charge in [0.1, 0.15) is 12.4 Å². The molecule has 10 heteroatoms. The third kappa shape index (κ3) is 9.41. The molecule has 0 aromatic heterocycles. The van der Waals surface area contributed by atoms with E-state index in [9.17, 15) is 27.6 Å². The van der Waals surface area contributed by atoms with Crippen molar-refractivity contribution in [2.24, 2.45) is 5.41 Å². The molecule has 0 saturated carbocycles. The highest BCUT2D eigenvalue weighted by Gasteiger charge is 2.44. The van der Waals surface area contributed by atoms with Crippen LogP contribution in [0.25, 0.3) is 0 Å². The number of alkyl halides is 3. The molecule has 3 aromatic rings. The van der Waals surface area contributed by atoms with E-state index in [1.165, 1.54) is 0 Å². The van der Waals surface area contributed by atoms with Gasteiger partial charge in [0, 0.05) is 13.1 Å². The molecule has 1 heterocycles. The van der Waals surface area contributed by atoms with Gasteiger partial charge in [0.15, 0.2) is 0 Å². The number of esters is 3. The summed E-state index contributed by atoms with van der Waals surface area (Å²) in [6.07, 6.45) is -3.08. The van der Waals surface area contributed by atoms with Gasteiger partial charge in [-0.1, -0.05) is 66.7 Å². The van der Waals surface area contributed by atoms with Gasteiger partial charge in [0.05, 0.1) is 18.4 Å². The second-order valence-electron chi connectivity index (χ2n) is 11.0. The first-order chi connectivity index (χ1) is 21.1. The van der Waals surface area contributed by atoms with Crippen molar-refractivity contribution in [2.75, 3.05) is 19.7 Å². The first kappa shape index (κ1) is 32.7. The van der Waals surface area contributed by atoms with Crippen molar-refractivity contribution in [2.45, 2.75) is 58.4 Å². The van der Waals surface area contributed by atoms with Crippen LogP contribution in [-0.4, -0.2) is 48.7 Å². The molecule has 44 heavy (non-hydrogen) atoms. The second kappa shape index (κ2) is 15.0. The van der Waals surface area contributed by atoms with Gasteiger partial charge in [-0.05, 0) is 73.5 Å². The van der Waals surface area contributed by atoms with Gasteiger partial charge < -0.3 is 14.2 Å². The van der Waals surface area contributed by atoms with E-state index < -0.39 is 23.5 Å². The fraction of sp³-hybridized carbons (Fsp3) is 0.382. The van der Waals surface area contributed by atoms with Gasteiger partial charge in [-0.25, -0.2) is 4.79 Å². The summed E-state index contributed by atoms with van der Waals surface area (Å²) in [4.78, 5) is 37.7. The van der Waals surface area contributed by atoms with Gasteiger partial charge in [-0.3, -0.25) is 14.5 Å². The number of ether oxygens (including phenoxy) is 3. The van der Waals surface area contributed by atoms with Crippen LogP contribution in [0.15, 0.2) is 78.9 Å². The number of nitrogens with zero attached hydrogens (tertiary/aromatic N) is 1. The Labute approximate surface area is 254 Å². The molecule has 0 N–H and O–H groups in total. The molecule has 1 fully saturated rings. The van der Waals surface area contributed by atoms with Crippen LogP contribution in [0.1, 0.15) is 48.4 Å². The van der Waals surface area contributed by atoms with E-state index in [4.69, 9.17) is 9.47 Å². The van der Waals surface area contributed by atoms with Crippen LogP contribution in [0.5, 0.6) is 5.75 Å². The van der Waals surface area contributed by atoms with Crippen molar-refractivity contribution in [3.63, 3.8) is 0 Å². The number of benzene rings is 3. The summed E-state index contributed by atoms with van der Waals surface area (Å²) < 4.78 is 51.8. The number of carbonyl (C=O) groups is 3. The number of likely N-dealkylation sites (tertiary alicyclic amines) is 1. The van der Waals surface area contributed by atoms with Crippen molar-refractivity contribution >= 4 is 17.9 Å². The molecule has 0 aliphatic carbocycles. The fourth-order valence-electron chi connectivity index (χ4n) is 5.39. The van der Waals surface area contributed by atoms with E-state index in [2.05, 4.69) is 33.9 Å². The molecule has 1 unspecified atom stereocenters. The molecular formula is C34H36F3NO6. The Morgan fingerprint density at radius 1 is 0.864 bits per heavy atom. The highest BCUT2D eigenvalue weighted by molar-refractivity contribution is 5.88. The quantitative estimate of drug-likeness (QED) is 0.178. The maximum absolute atomic E-state index is 13.2. The monoisotopic (exact) mass is 611 g/mol. The van der Waals surface area contributed by atoms with Gasteiger partial charge in [-0.15, -0.1) is 0 Å². The molecule has 0 bridgehead atoms. The highest BCUT2D eigenvalue weighted by atomic mass is 19.4. The molecule has 0 amide bonds. The van der Waals surface area contributed by atoms with Gasteiger partial charge in [0.2, 0.25) is 0 Å². The second-order valence-corrected chi connectivity index (χ2v) is 11.0. The lowest BCUT2D eigenvalue weighted by atomic mass is 9.75. The standard InChI is InChI=1S/C34H36F3NO6/c1-2-42-31(40)33(21-26-7-4-3-5-8-26)19-6-20-38(24-33)22-27-9-11-28(12-10-27)23-43-29-16-13-25(14-17-29)15-18-30(39)44-32(41)34(35,36)37/h3-5,7-14,16-17H,2,6,15,18-24H2,1H3. The van der Waals surface area contributed by atoms with Crippen LogP contribution in [0.2, 0.25) is 0 Å². The zero-order chi connectivity index (χ0) is 31.6. The Bertz CT molecular complexity index is 1390. The first-order valence-electron chi connectivity index (χ1n) is 14.6. The van der Waals surface area contributed by atoms with Crippen LogP contribution < -0.4 is 4.74 Å². The lowest BCUT2D eigenvalue weighted by molar-refractivity contribution is -0.201. The van der Waals surface area contributed by atoms with Crippen molar-refractivity contribution in [1.82, 2.24) is 4.90 Å². The number of aryl methyl sites for hydroxylation is 1. The zero-order valence-electron chi connectivity index (χ0n) is 24.6. The third-order valence-corrected chi connectivity index (χ3v) is 7.56. The Balaban J connectivity index is 1.27. The topological polar surface area (TPSA) is 82.1 Å². The first-order valence-corrected chi connectivity index (χ1v) is 14.6. The minimum atomic E-state index is -5.20. The van der Waals surface area contributed by atoms with Gasteiger partial charge >= 0.3 is 24.1 Å². The molecule has 7 nitrogen and oxygen atoms in total. The highest BCUT2D eigenvalue weighted by Crippen LogP contribution is 2.36. The molecular weight excluding hydrogens is 575 g/mol. The van der Waals surface area contributed by atoms with E-state index in [1.54, 1.807) is 24.3 Å². The summed E-state index contributed by atoms with van der Waals surface area (Å²) in [7, 11) is 0. The van der Waals surface area contributed by atoms with Crippen LogP contribution in [-0.2, 0) is 49.9 Å². The van der Waals surface area contributed by atoms with E-state index >= 15 is 0 Å². The Morgan fingerprint density at radius 2 is 1.52 bits per heavy atom. The van der Waals surface area contributed by atoms with E-state index in [-0.39, 0.29) is 18.8 Å². The zero-order valence-corrected chi connectivity index (χ0v) is 24.6. The normalized spacial score (nSPS) is 17.1. The van der Waals surface area contributed by atoms with Crippen LogP contribution in [0.4, 0.5) is 13.2 Å². The summed E-state index contributed by atoms with van der Waals surface area (Å²) in [6, 6.07) is 25.0. The number of hydrogen-bond donors (Lipinski definition) is 0. The molecule has 0 radical (unpaired) electrons. The Morgan fingerprint density at radius 3 is 2.18 bits per heavy atom. The van der Waals surface area contributed by atoms with E-state index in [0.717, 1.165) is 42.6 Å². The molecule has 1 aliphatic rings. The predicted molar refractivity (Wildman–Crippen MR) is 156 cm³/mol. The smallest absolute Gasteiger partial charge is 0.489 e. The van der Waals surface area contributed by atoms with Crippen molar-refractivity contribution in [1.29, 1.82) is 0 Å². The average Bonchev–Trinajstić information content (AvgIpc) is 3.00. The Kier molecular flexibility index (Phi) is 11.2. The van der Waals surface area contributed by atoms with Crippen molar-refractivity contribution in [3.8, 4) is 5.75 Å². The van der Waals surface area contributed by atoms with E-state index in [0.29, 0.717) is 37.5 Å². The number of piperidine rings is 1. The maximum atomic E-state index is 13.2. The number of hydrogen-bond acceptors (Lipinski definition) is 7. The summed E-state index contributed by atoms with van der Waals surface area (Å²) in [6.45, 7) is 4.79. The lowest BCUT2D eigenvalue weighted by Gasteiger charge is -2.41. The fourth-order valence-corrected chi connectivity index (χ4v) is 5.39. The minimum Gasteiger partial charge on any atom is -0.489 e. The summed E-state index contributed by atoms with van der Waals surface area (Å²) >= 11 is 0. The van der Waals surface area contributed by atoms with Gasteiger partial charge in [0.25, 0.3) is 0 Å². The van der Waals surface area contributed by atoms with E-state index in [1.807, 2.05) is 37.3 Å². The van der Waals surface area contributed by atoms with Crippen molar-refractivity contribution < 1.29 is 41.8 Å². The largest absolute Gasteiger partial charge is 0.491 e. The molecule has 234 valence electrons. The van der Waals surface area contributed by atoms with Crippen LogP contribution >= 0.6 is 0 Å².